The van der Waals surface area contributed by atoms with E-state index >= 15 is 0 Å². The van der Waals surface area contributed by atoms with Crippen LogP contribution in [0.5, 0.6) is 5.75 Å². The van der Waals surface area contributed by atoms with Crippen LogP contribution in [0.4, 0.5) is 13.2 Å². The third kappa shape index (κ3) is 4.99. The van der Waals surface area contributed by atoms with Gasteiger partial charge in [-0.05, 0) is 60.5 Å². The molecule has 0 saturated carbocycles. The fourth-order valence-corrected chi connectivity index (χ4v) is 5.92. The van der Waals surface area contributed by atoms with Crippen molar-refractivity contribution in [2.45, 2.75) is 32.1 Å². The summed E-state index contributed by atoms with van der Waals surface area (Å²) in [5, 5.41) is 17.9. The van der Waals surface area contributed by atoms with Gasteiger partial charge in [0, 0.05) is 36.8 Å². The molecule has 0 unspecified atom stereocenters. The maximum absolute atomic E-state index is 14.3. The molecular weight excluding hydrogens is 531 g/mol. The van der Waals surface area contributed by atoms with Crippen LogP contribution >= 0.6 is 11.3 Å². The summed E-state index contributed by atoms with van der Waals surface area (Å²) < 4.78 is 48.7. The molecule has 8 nitrogen and oxygen atoms in total. The number of nitrogens with zero attached hydrogens (tertiary/aromatic N) is 5. The number of benzene rings is 1. The normalized spacial score (nSPS) is 17.5. The molecule has 4 heterocycles. The van der Waals surface area contributed by atoms with E-state index in [1.807, 2.05) is 23.8 Å². The molecule has 12 heteroatoms. The van der Waals surface area contributed by atoms with Gasteiger partial charge in [-0.3, -0.25) is 9.69 Å². The van der Waals surface area contributed by atoms with Crippen molar-refractivity contribution in [2.24, 2.45) is 0 Å². The lowest BCUT2D eigenvalue weighted by Gasteiger charge is -2.42. The minimum atomic E-state index is -4.72. The molecule has 3 aromatic heterocycles. The second kappa shape index (κ2) is 10.6. The van der Waals surface area contributed by atoms with Gasteiger partial charge in [0.05, 0.1) is 31.6 Å². The molecule has 1 fully saturated rings. The van der Waals surface area contributed by atoms with Crippen molar-refractivity contribution in [1.29, 1.82) is 0 Å². The Labute approximate surface area is 227 Å². The van der Waals surface area contributed by atoms with E-state index in [9.17, 15) is 23.1 Å². The largest absolute Gasteiger partial charge is 0.497 e. The van der Waals surface area contributed by atoms with E-state index in [-0.39, 0.29) is 41.2 Å². The fourth-order valence-electron chi connectivity index (χ4n) is 5.21. The Morgan fingerprint density at radius 3 is 2.56 bits per heavy atom. The highest BCUT2D eigenvalue weighted by Crippen LogP contribution is 2.37. The molecule has 2 atom stereocenters. The Balaban J connectivity index is 1.50. The number of amides is 1. The molecule has 5 rings (SSSR count). The van der Waals surface area contributed by atoms with Gasteiger partial charge in [0.15, 0.2) is 11.3 Å². The summed E-state index contributed by atoms with van der Waals surface area (Å²) in [6, 6.07) is 8.10. The SMILES string of the molecule is COc1ccc(-c2nc3c(C(=O)N4CCN([C@H](CO)c5ccsc5)C[C@H]4C)cnn3c(C(F)(F)F)c2C)cc1. The summed E-state index contributed by atoms with van der Waals surface area (Å²) in [4.78, 5) is 22.0. The zero-order valence-electron chi connectivity index (χ0n) is 21.6. The summed E-state index contributed by atoms with van der Waals surface area (Å²) in [5.74, 6) is 0.128. The highest BCUT2D eigenvalue weighted by molar-refractivity contribution is 7.08. The van der Waals surface area contributed by atoms with E-state index in [2.05, 4.69) is 15.0 Å². The number of aromatic nitrogens is 3. The summed E-state index contributed by atoms with van der Waals surface area (Å²) in [5.41, 5.74) is 0.390. The lowest BCUT2D eigenvalue weighted by Crippen LogP contribution is -2.55. The van der Waals surface area contributed by atoms with Gasteiger partial charge in [-0.15, -0.1) is 0 Å². The van der Waals surface area contributed by atoms with E-state index in [4.69, 9.17) is 4.74 Å². The number of thiophene rings is 1. The van der Waals surface area contributed by atoms with Crippen molar-refractivity contribution in [2.75, 3.05) is 33.4 Å². The number of aliphatic hydroxyl groups is 1. The van der Waals surface area contributed by atoms with Crippen LogP contribution in [0.15, 0.2) is 47.3 Å². The predicted molar refractivity (Wildman–Crippen MR) is 141 cm³/mol. The molecule has 1 aliphatic rings. The van der Waals surface area contributed by atoms with Gasteiger partial charge in [-0.1, -0.05) is 0 Å². The monoisotopic (exact) mass is 559 g/mol. The first-order chi connectivity index (χ1) is 18.6. The quantitative estimate of drug-likeness (QED) is 0.370. The van der Waals surface area contributed by atoms with Crippen molar-refractivity contribution in [3.05, 3.63) is 69.7 Å². The van der Waals surface area contributed by atoms with E-state index in [0.717, 1.165) is 16.3 Å². The standard InChI is InChI=1S/C27H28F3N5O3S/c1-16-13-33(22(14-36)19-8-11-39-15-19)9-10-34(16)26(37)21-12-31-35-24(27(28,29)30)17(2)23(32-25(21)35)18-4-6-20(38-3)7-5-18/h4-8,11-12,15-16,22,36H,9-10,13-14H2,1-3H3/t16-,22-/m1/s1. The van der Waals surface area contributed by atoms with Gasteiger partial charge in [0.25, 0.3) is 5.91 Å². The maximum Gasteiger partial charge on any atom is 0.433 e. The highest BCUT2D eigenvalue weighted by Gasteiger charge is 2.39. The molecule has 39 heavy (non-hydrogen) atoms. The number of alkyl halides is 3. The molecule has 1 aromatic carbocycles. The molecule has 206 valence electrons. The van der Waals surface area contributed by atoms with Gasteiger partial charge in [0.2, 0.25) is 0 Å². The van der Waals surface area contributed by atoms with Crippen molar-refractivity contribution in [3.63, 3.8) is 0 Å². The lowest BCUT2D eigenvalue weighted by molar-refractivity contribution is -0.143. The minimum absolute atomic E-state index is 0.00658. The lowest BCUT2D eigenvalue weighted by atomic mass is 10.0. The average Bonchev–Trinajstić information content (AvgIpc) is 3.58. The van der Waals surface area contributed by atoms with Crippen molar-refractivity contribution in [1.82, 2.24) is 24.4 Å². The molecule has 1 N–H and O–H groups in total. The number of aliphatic hydroxyl groups excluding tert-OH is 1. The van der Waals surface area contributed by atoms with Crippen LogP contribution in [0.1, 0.15) is 40.1 Å². The Hall–Kier alpha value is -3.48. The number of hydrogen-bond donors (Lipinski definition) is 1. The third-order valence-electron chi connectivity index (χ3n) is 7.21. The molecule has 0 aliphatic carbocycles. The van der Waals surface area contributed by atoms with Gasteiger partial charge in [-0.25, -0.2) is 9.50 Å². The number of hydrogen-bond acceptors (Lipinski definition) is 7. The molecule has 1 saturated heterocycles. The van der Waals surface area contributed by atoms with Crippen LogP contribution in [-0.2, 0) is 6.18 Å². The summed E-state index contributed by atoms with van der Waals surface area (Å²) in [6.07, 6.45) is -3.56. The molecule has 0 radical (unpaired) electrons. The average molecular weight is 560 g/mol. The summed E-state index contributed by atoms with van der Waals surface area (Å²) >= 11 is 1.55. The predicted octanol–water partition coefficient (Wildman–Crippen LogP) is 4.67. The molecule has 0 bridgehead atoms. The van der Waals surface area contributed by atoms with Crippen LogP contribution in [0.2, 0.25) is 0 Å². The Morgan fingerprint density at radius 2 is 1.97 bits per heavy atom. The van der Waals surface area contributed by atoms with Crippen LogP contribution in [0, 0.1) is 6.92 Å². The fraction of sp³-hybridized carbons (Fsp3) is 0.370. The Bertz CT molecular complexity index is 1470. The molecule has 4 aromatic rings. The van der Waals surface area contributed by atoms with Gasteiger partial charge in [0.1, 0.15) is 11.3 Å². The smallest absolute Gasteiger partial charge is 0.433 e. The number of rotatable bonds is 6. The second-order valence-corrected chi connectivity index (χ2v) is 10.3. The number of methoxy groups -OCH3 is 1. The first-order valence-corrected chi connectivity index (χ1v) is 13.4. The van der Waals surface area contributed by atoms with Crippen molar-refractivity contribution < 1.29 is 27.8 Å². The topological polar surface area (TPSA) is 83.2 Å². The van der Waals surface area contributed by atoms with Crippen LogP contribution in [-0.4, -0.2) is 74.8 Å². The van der Waals surface area contributed by atoms with E-state index in [1.165, 1.54) is 14.0 Å². The Kier molecular flexibility index (Phi) is 7.36. The molecule has 1 amide bonds. The van der Waals surface area contributed by atoms with E-state index in [1.54, 1.807) is 40.5 Å². The third-order valence-corrected chi connectivity index (χ3v) is 7.91. The number of halogens is 3. The zero-order valence-corrected chi connectivity index (χ0v) is 22.5. The van der Waals surface area contributed by atoms with Crippen molar-refractivity contribution in [3.8, 4) is 17.0 Å². The van der Waals surface area contributed by atoms with Crippen LogP contribution in [0.3, 0.4) is 0 Å². The first kappa shape index (κ1) is 27.1. The van der Waals surface area contributed by atoms with Gasteiger partial charge < -0.3 is 14.7 Å². The highest BCUT2D eigenvalue weighted by atomic mass is 32.1. The molecule has 0 spiro atoms. The van der Waals surface area contributed by atoms with Gasteiger partial charge >= 0.3 is 6.18 Å². The van der Waals surface area contributed by atoms with Gasteiger partial charge in [-0.2, -0.15) is 29.6 Å². The van der Waals surface area contributed by atoms with E-state index in [0.29, 0.717) is 30.9 Å². The van der Waals surface area contributed by atoms with Crippen LogP contribution < -0.4 is 4.74 Å². The number of piperazine rings is 1. The van der Waals surface area contributed by atoms with Crippen molar-refractivity contribution >= 4 is 22.9 Å². The molecule has 1 aliphatic heterocycles. The number of carbonyl (C=O) groups excluding carboxylic acids is 1. The maximum atomic E-state index is 14.3. The second-order valence-electron chi connectivity index (χ2n) is 9.55. The minimum Gasteiger partial charge on any atom is -0.497 e. The van der Waals surface area contributed by atoms with Crippen LogP contribution in [0.25, 0.3) is 16.9 Å². The number of carbonyl (C=O) groups is 1. The Morgan fingerprint density at radius 1 is 1.23 bits per heavy atom. The van der Waals surface area contributed by atoms with E-state index < -0.39 is 17.8 Å². The summed E-state index contributed by atoms with van der Waals surface area (Å²) in [7, 11) is 1.50. The number of ether oxygens (including phenoxy) is 1. The number of fused-ring (bicyclic) bond motifs is 1. The first-order valence-electron chi connectivity index (χ1n) is 12.4. The summed E-state index contributed by atoms with van der Waals surface area (Å²) in [6.45, 7) is 4.55. The zero-order chi connectivity index (χ0) is 27.9. The molecular formula is C27H28F3N5O3S.